The fourth-order valence-electron chi connectivity index (χ4n) is 0.305. The number of aliphatic hydroxyl groups is 4. The number of nitrogens with two attached hydrogens (primary N) is 2. The summed E-state index contributed by atoms with van der Waals surface area (Å²) in [6.45, 7) is 2.77. The molecule has 0 amide bonds. The smallest absolute Gasteiger partial charge is 0.0685 e. The third kappa shape index (κ3) is 9.85. The second-order valence-electron chi connectivity index (χ2n) is 3.17. The molecular weight excluding hydrogens is 188 g/mol. The van der Waals surface area contributed by atoms with Crippen LogP contribution in [0.25, 0.3) is 0 Å². The van der Waals surface area contributed by atoms with Gasteiger partial charge in [0.1, 0.15) is 0 Å². The van der Waals surface area contributed by atoms with Gasteiger partial charge in [0.25, 0.3) is 0 Å². The van der Waals surface area contributed by atoms with Gasteiger partial charge in [-0.25, -0.2) is 0 Å². The quantitative estimate of drug-likeness (QED) is 0.301. The maximum Gasteiger partial charge on any atom is 0.0685 e. The Bertz CT molecular complexity index is 108. The first kappa shape index (κ1) is 16.2. The Morgan fingerprint density at radius 1 is 0.857 bits per heavy atom. The number of hydrogen-bond donors (Lipinski definition) is 6. The lowest BCUT2D eigenvalue weighted by molar-refractivity contribution is 0.123. The zero-order valence-corrected chi connectivity index (χ0v) is 8.67. The summed E-state index contributed by atoms with van der Waals surface area (Å²) < 4.78 is 0. The molecule has 0 saturated carbocycles. The minimum absolute atomic E-state index is 0.155. The van der Waals surface area contributed by atoms with Crippen LogP contribution in [0, 0.1) is 0 Å². The molecule has 4 atom stereocenters. The normalized spacial score (nSPS) is 18.9. The summed E-state index contributed by atoms with van der Waals surface area (Å²) in [6.07, 6.45) is -1.21. The lowest BCUT2D eigenvalue weighted by Gasteiger charge is -2.08. The molecule has 0 aromatic rings. The molecule has 88 valence electrons. The van der Waals surface area contributed by atoms with Gasteiger partial charge >= 0.3 is 0 Å². The van der Waals surface area contributed by atoms with Crippen LogP contribution in [0.5, 0.6) is 0 Å². The topological polar surface area (TPSA) is 133 Å². The van der Waals surface area contributed by atoms with E-state index in [4.69, 9.17) is 31.9 Å². The summed E-state index contributed by atoms with van der Waals surface area (Å²) in [5.74, 6) is 0. The van der Waals surface area contributed by atoms with Crippen molar-refractivity contribution in [3.8, 4) is 0 Å². The fourth-order valence-corrected chi connectivity index (χ4v) is 0.305. The van der Waals surface area contributed by atoms with Crippen LogP contribution >= 0.6 is 0 Å². The van der Waals surface area contributed by atoms with E-state index < -0.39 is 24.3 Å². The van der Waals surface area contributed by atoms with Crippen molar-refractivity contribution in [2.24, 2.45) is 11.5 Å². The van der Waals surface area contributed by atoms with Gasteiger partial charge in [-0.2, -0.15) is 0 Å². The Balaban J connectivity index is 0. The van der Waals surface area contributed by atoms with Gasteiger partial charge in [-0.15, -0.1) is 0 Å². The molecule has 0 aromatic carbocycles. The summed E-state index contributed by atoms with van der Waals surface area (Å²) in [5, 5.41) is 33.5. The first-order valence-corrected chi connectivity index (χ1v) is 4.45. The minimum Gasteiger partial charge on any atom is -0.395 e. The Morgan fingerprint density at radius 2 is 1.07 bits per heavy atom. The van der Waals surface area contributed by atoms with E-state index in [0.717, 1.165) is 0 Å². The van der Waals surface area contributed by atoms with Crippen LogP contribution in [-0.2, 0) is 0 Å². The predicted molar refractivity (Wildman–Crippen MR) is 53.5 cm³/mol. The average Bonchev–Trinajstić information content (AvgIpc) is 2.15. The van der Waals surface area contributed by atoms with Gasteiger partial charge in [-0.3, -0.25) is 0 Å². The summed E-state index contributed by atoms with van der Waals surface area (Å²) in [5.41, 5.74) is 10.2. The Labute approximate surface area is 84.2 Å². The Kier molecular flexibility index (Phi) is 10.8. The molecule has 0 unspecified atom stereocenters. The summed E-state index contributed by atoms with van der Waals surface area (Å²) >= 11 is 0. The van der Waals surface area contributed by atoms with Gasteiger partial charge < -0.3 is 31.9 Å². The first-order chi connectivity index (χ1) is 6.36. The first-order valence-electron chi connectivity index (χ1n) is 4.45. The fraction of sp³-hybridized carbons (Fsp3) is 1.00. The van der Waals surface area contributed by atoms with Crippen molar-refractivity contribution in [1.29, 1.82) is 0 Å². The SMILES string of the molecule is C[C@@H](O)[C@H](N)CO.C[C@H](O)[C@@H](N)CO. The van der Waals surface area contributed by atoms with Crippen molar-refractivity contribution in [3.05, 3.63) is 0 Å². The van der Waals surface area contributed by atoms with Gasteiger partial charge in [0.05, 0.1) is 37.5 Å². The number of aliphatic hydroxyl groups excluding tert-OH is 4. The van der Waals surface area contributed by atoms with Gasteiger partial charge in [0.15, 0.2) is 0 Å². The molecular formula is C8H22N2O4. The van der Waals surface area contributed by atoms with Gasteiger partial charge in [-0.05, 0) is 13.8 Å². The van der Waals surface area contributed by atoms with Crippen LogP contribution in [-0.4, -0.2) is 57.9 Å². The Hall–Kier alpha value is -0.240. The summed E-state index contributed by atoms with van der Waals surface area (Å²) in [7, 11) is 0. The molecule has 0 spiro atoms. The molecule has 0 aromatic heterocycles. The maximum atomic E-state index is 8.54. The molecule has 0 saturated heterocycles. The highest BCUT2D eigenvalue weighted by Gasteiger charge is 2.05. The van der Waals surface area contributed by atoms with Crippen LogP contribution in [0.15, 0.2) is 0 Å². The van der Waals surface area contributed by atoms with Crippen molar-refractivity contribution >= 4 is 0 Å². The second kappa shape index (κ2) is 9.32. The van der Waals surface area contributed by atoms with Crippen LogP contribution in [0.3, 0.4) is 0 Å². The minimum atomic E-state index is -0.606. The van der Waals surface area contributed by atoms with Crippen LogP contribution < -0.4 is 11.5 Å². The predicted octanol–water partition coefficient (Wildman–Crippen LogP) is -2.63. The highest BCUT2D eigenvalue weighted by Crippen LogP contribution is 1.83. The lowest BCUT2D eigenvalue weighted by Crippen LogP contribution is -2.35. The molecule has 0 aliphatic heterocycles. The third-order valence-electron chi connectivity index (χ3n) is 1.66. The lowest BCUT2D eigenvalue weighted by atomic mass is 10.2. The maximum absolute atomic E-state index is 8.54. The molecule has 6 heteroatoms. The van der Waals surface area contributed by atoms with E-state index >= 15 is 0 Å². The molecule has 14 heavy (non-hydrogen) atoms. The van der Waals surface area contributed by atoms with Crippen LogP contribution in [0.1, 0.15) is 13.8 Å². The zero-order chi connectivity index (χ0) is 11.7. The van der Waals surface area contributed by atoms with E-state index in [2.05, 4.69) is 0 Å². The molecule has 0 rings (SSSR count). The van der Waals surface area contributed by atoms with E-state index in [0.29, 0.717) is 0 Å². The highest BCUT2D eigenvalue weighted by atomic mass is 16.3. The highest BCUT2D eigenvalue weighted by molar-refractivity contribution is 4.64. The number of hydrogen-bond acceptors (Lipinski definition) is 6. The van der Waals surface area contributed by atoms with Crippen molar-refractivity contribution in [2.75, 3.05) is 13.2 Å². The molecule has 0 aliphatic carbocycles. The van der Waals surface area contributed by atoms with E-state index in [1.807, 2.05) is 0 Å². The second-order valence-corrected chi connectivity index (χ2v) is 3.17. The standard InChI is InChI=1S/2C4H11NO2/c2*1-3(7)4(5)2-6/h2*3-4,6-7H,2,5H2,1H3/t2*3-,4-/m10/s1. The third-order valence-corrected chi connectivity index (χ3v) is 1.66. The molecule has 8 N–H and O–H groups in total. The van der Waals surface area contributed by atoms with Crippen molar-refractivity contribution in [2.45, 2.75) is 38.1 Å². The van der Waals surface area contributed by atoms with Crippen molar-refractivity contribution < 1.29 is 20.4 Å². The summed E-state index contributed by atoms with van der Waals surface area (Å²) in [4.78, 5) is 0. The molecule has 0 radical (unpaired) electrons. The van der Waals surface area contributed by atoms with E-state index in [1.165, 1.54) is 0 Å². The zero-order valence-electron chi connectivity index (χ0n) is 8.67. The average molecular weight is 210 g/mol. The van der Waals surface area contributed by atoms with Crippen LogP contribution in [0.4, 0.5) is 0 Å². The van der Waals surface area contributed by atoms with E-state index in [1.54, 1.807) is 13.8 Å². The molecule has 0 aliphatic rings. The largest absolute Gasteiger partial charge is 0.395 e. The summed E-state index contributed by atoms with van der Waals surface area (Å²) in [6, 6.07) is -0.972. The van der Waals surface area contributed by atoms with Gasteiger partial charge in [0, 0.05) is 0 Å². The van der Waals surface area contributed by atoms with Crippen molar-refractivity contribution in [1.82, 2.24) is 0 Å². The molecule has 0 heterocycles. The monoisotopic (exact) mass is 210 g/mol. The van der Waals surface area contributed by atoms with Gasteiger partial charge in [0.2, 0.25) is 0 Å². The molecule has 6 nitrogen and oxygen atoms in total. The molecule has 0 fully saturated rings. The number of rotatable bonds is 4. The van der Waals surface area contributed by atoms with Crippen molar-refractivity contribution in [3.63, 3.8) is 0 Å². The van der Waals surface area contributed by atoms with E-state index in [-0.39, 0.29) is 13.2 Å². The van der Waals surface area contributed by atoms with Crippen LogP contribution in [0.2, 0.25) is 0 Å². The molecule has 0 bridgehead atoms. The Morgan fingerprint density at radius 3 is 1.07 bits per heavy atom. The van der Waals surface area contributed by atoms with Gasteiger partial charge in [-0.1, -0.05) is 0 Å². The van der Waals surface area contributed by atoms with E-state index in [9.17, 15) is 0 Å².